The highest BCUT2D eigenvalue weighted by Crippen LogP contribution is 2.29. The van der Waals surface area contributed by atoms with Crippen LogP contribution in [0.5, 0.6) is 0 Å². The van der Waals surface area contributed by atoms with E-state index in [1.807, 2.05) is 55.5 Å². The van der Waals surface area contributed by atoms with Gasteiger partial charge in [0.05, 0.1) is 11.0 Å². The average molecular weight is 343 g/mol. The first kappa shape index (κ1) is 16.7. The minimum Gasteiger partial charge on any atom is -0.338 e. The molecule has 2 aromatic rings. The van der Waals surface area contributed by atoms with Crippen molar-refractivity contribution in [3.63, 3.8) is 0 Å². The summed E-state index contributed by atoms with van der Waals surface area (Å²) in [6.07, 6.45) is 0.434. The highest BCUT2D eigenvalue weighted by Gasteiger charge is 2.32. The second kappa shape index (κ2) is 6.77. The lowest BCUT2D eigenvalue weighted by Crippen LogP contribution is -2.34. The van der Waals surface area contributed by atoms with Gasteiger partial charge in [-0.15, -0.1) is 0 Å². The van der Waals surface area contributed by atoms with Gasteiger partial charge in [-0.25, -0.2) is 8.42 Å². The average Bonchev–Trinajstić information content (AvgIpc) is 2.74. The predicted molar refractivity (Wildman–Crippen MR) is 94.7 cm³/mol. The van der Waals surface area contributed by atoms with Gasteiger partial charge in [0.2, 0.25) is 0 Å². The topological polar surface area (TPSA) is 54.5 Å². The van der Waals surface area contributed by atoms with Crippen LogP contribution in [0.3, 0.4) is 0 Å². The normalized spacial score (nSPS) is 20.4. The van der Waals surface area contributed by atoms with Gasteiger partial charge < -0.3 is 4.90 Å². The first-order valence-electron chi connectivity index (χ1n) is 8.10. The second-order valence-corrected chi connectivity index (χ2v) is 8.47. The van der Waals surface area contributed by atoms with E-state index >= 15 is 0 Å². The molecular formula is C19H21NO3S. The lowest BCUT2D eigenvalue weighted by atomic mass is 10.1. The molecule has 1 aliphatic rings. The zero-order chi connectivity index (χ0) is 17.2. The highest BCUT2D eigenvalue weighted by molar-refractivity contribution is 7.91. The van der Waals surface area contributed by atoms with Crippen LogP contribution in [0.1, 0.15) is 33.2 Å². The summed E-state index contributed by atoms with van der Waals surface area (Å²) in [6.45, 7) is 2.60. The van der Waals surface area contributed by atoms with Crippen molar-refractivity contribution in [2.24, 2.45) is 0 Å². The number of hydrogen-bond acceptors (Lipinski definition) is 3. The van der Waals surface area contributed by atoms with Crippen LogP contribution in [0.2, 0.25) is 0 Å². The summed E-state index contributed by atoms with van der Waals surface area (Å²) in [7, 11) is -3.27. The summed E-state index contributed by atoms with van der Waals surface area (Å²) in [4.78, 5) is 14.4. The number of rotatable bonds is 2. The molecule has 0 aromatic heterocycles. The van der Waals surface area contributed by atoms with Gasteiger partial charge in [0.15, 0.2) is 9.84 Å². The molecule has 4 nitrogen and oxygen atoms in total. The molecular weight excluding hydrogens is 322 g/mol. The van der Waals surface area contributed by atoms with Crippen molar-refractivity contribution in [3.8, 4) is 0 Å². The fraction of sp³-hybridized carbons (Fsp3) is 0.316. The van der Waals surface area contributed by atoms with E-state index in [1.54, 1.807) is 11.0 Å². The van der Waals surface area contributed by atoms with Crippen molar-refractivity contribution in [3.05, 3.63) is 71.3 Å². The summed E-state index contributed by atoms with van der Waals surface area (Å²) in [5, 5.41) is -0.534. The molecule has 1 atom stereocenters. The van der Waals surface area contributed by atoms with Crippen molar-refractivity contribution < 1.29 is 13.2 Å². The maximum atomic E-state index is 12.8. The fourth-order valence-electron chi connectivity index (χ4n) is 3.17. The predicted octanol–water partition coefficient (Wildman–Crippen LogP) is 3.00. The molecule has 5 heteroatoms. The van der Waals surface area contributed by atoms with Gasteiger partial charge in [-0.1, -0.05) is 48.5 Å². The molecule has 3 rings (SSSR count). The van der Waals surface area contributed by atoms with Crippen LogP contribution in [-0.4, -0.2) is 38.1 Å². The largest absolute Gasteiger partial charge is 0.338 e. The number of carbonyl (C=O) groups excluding carboxylic acids is 1. The molecule has 1 amide bonds. The Bertz CT molecular complexity index is 831. The fourth-order valence-corrected chi connectivity index (χ4v) is 4.97. The van der Waals surface area contributed by atoms with E-state index in [2.05, 4.69) is 0 Å². The minimum atomic E-state index is -3.27. The molecule has 126 valence electrons. The van der Waals surface area contributed by atoms with E-state index in [0.717, 1.165) is 11.1 Å². The van der Waals surface area contributed by atoms with Gasteiger partial charge >= 0.3 is 0 Å². The van der Waals surface area contributed by atoms with Crippen molar-refractivity contribution in [1.82, 2.24) is 4.90 Å². The molecule has 0 spiro atoms. The zero-order valence-corrected chi connectivity index (χ0v) is 14.5. The molecule has 0 aliphatic carbocycles. The van der Waals surface area contributed by atoms with Crippen LogP contribution in [0.4, 0.5) is 0 Å². The number of carbonyl (C=O) groups is 1. The Morgan fingerprint density at radius 2 is 1.67 bits per heavy atom. The van der Waals surface area contributed by atoms with Crippen LogP contribution in [-0.2, 0) is 9.84 Å². The molecule has 0 unspecified atom stereocenters. The molecule has 24 heavy (non-hydrogen) atoms. The number of sulfone groups is 1. The molecule has 2 aromatic carbocycles. The molecule has 1 fully saturated rings. The maximum Gasteiger partial charge on any atom is 0.254 e. The van der Waals surface area contributed by atoms with Crippen molar-refractivity contribution in [1.29, 1.82) is 0 Å². The van der Waals surface area contributed by atoms with Gasteiger partial charge in [0, 0.05) is 18.7 Å². The standard InChI is InChI=1S/C19H21NO3S/c1-15-7-5-6-10-17(15)19(21)20-12-11-18(24(22,23)14-13-20)16-8-3-2-4-9-16/h2-10,18H,11-14H2,1H3/t18-/m0/s1. The highest BCUT2D eigenvalue weighted by atomic mass is 32.2. The minimum absolute atomic E-state index is 0.00415. The Kier molecular flexibility index (Phi) is 4.71. The van der Waals surface area contributed by atoms with E-state index in [9.17, 15) is 13.2 Å². The van der Waals surface area contributed by atoms with E-state index < -0.39 is 15.1 Å². The molecule has 1 heterocycles. The third kappa shape index (κ3) is 3.36. The van der Waals surface area contributed by atoms with E-state index in [4.69, 9.17) is 0 Å². The number of benzene rings is 2. The molecule has 0 N–H and O–H groups in total. The number of nitrogens with zero attached hydrogens (tertiary/aromatic N) is 1. The summed E-state index contributed by atoms with van der Waals surface area (Å²) < 4.78 is 25.3. The lowest BCUT2D eigenvalue weighted by molar-refractivity contribution is 0.0766. The third-order valence-corrected chi connectivity index (χ3v) is 6.70. The van der Waals surface area contributed by atoms with Crippen molar-refractivity contribution in [2.45, 2.75) is 18.6 Å². The van der Waals surface area contributed by atoms with E-state index in [-0.39, 0.29) is 18.2 Å². The Labute approximate surface area is 143 Å². The first-order valence-corrected chi connectivity index (χ1v) is 9.82. The van der Waals surface area contributed by atoms with Crippen molar-refractivity contribution >= 4 is 15.7 Å². The van der Waals surface area contributed by atoms with Crippen LogP contribution in [0, 0.1) is 6.92 Å². The third-order valence-electron chi connectivity index (χ3n) is 4.57. The Morgan fingerprint density at radius 3 is 2.38 bits per heavy atom. The Hall–Kier alpha value is -2.14. The smallest absolute Gasteiger partial charge is 0.254 e. The van der Waals surface area contributed by atoms with E-state index in [0.29, 0.717) is 18.5 Å². The SMILES string of the molecule is Cc1ccccc1C(=O)N1CC[C@@H](c2ccccc2)S(=O)(=O)CC1. The molecule has 0 bridgehead atoms. The zero-order valence-electron chi connectivity index (χ0n) is 13.7. The van der Waals surface area contributed by atoms with Crippen LogP contribution < -0.4 is 0 Å². The molecule has 0 radical (unpaired) electrons. The van der Waals surface area contributed by atoms with Gasteiger partial charge in [-0.05, 0) is 30.5 Å². The Morgan fingerprint density at radius 1 is 1.00 bits per heavy atom. The Balaban J connectivity index is 1.84. The molecule has 1 aliphatic heterocycles. The lowest BCUT2D eigenvalue weighted by Gasteiger charge is -2.21. The van der Waals surface area contributed by atoms with E-state index in [1.165, 1.54) is 0 Å². The summed E-state index contributed by atoms with van der Waals surface area (Å²) in [5.41, 5.74) is 2.37. The second-order valence-electron chi connectivity index (χ2n) is 6.16. The summed E-state index contributed by atoms with van der Waals surface area (Å²) >= 11 is 0. The summed E-state index contributed by atoms with van der Waals surface area (Å²) in [5.74, 6) is -0.0820. The molecule has 1 saturated heterocycles. The number of amides is 1. The van der Waals surface area contributed by atoms with Crippen LogP contribution in [0.25, 0.3) is 0 Å². The van der Waals surface area contributed by atoms with Crippen LogP contribution in [0.15, 0.2) is 54.6 Å². The van der Waals surface area contributed by atoms with Crippen LogP contribution >= 0.6 is 0 Å². The number of hydrogen-bond donors (Lipinski definition) is 0. The number of aryl methyl sites for hydroxylation is 1. The molecule has 0 saturated carbocycles. The van der Waals surface area contributed by atoms with Crippen molar-refractivity contribution in [2.75, 3.05) is 18.8 Å². The quantitative estimate of drug-likeness (QED) is 0.842. The first-order chi connectivity index (χ1) is 11.5. The van der Waals surface area contributed by atoms with Gasteiger partial charge in [0.1, 0.15) is 0 Å². The maximum absolute atomic E-state index is 12.8. The van der Waals surface area contributed by atoms with Gasteiger partial charge in [0.25, 0.3) is 5.91 Å². The summed E-state index contributed by atoms with van der Waals surface area (Å²) in [6, 6.07) is 16.7. The van der Waals surface area contributed by atoms with Gasteiger partial charge in [-0.2, -0.15) is 0 Å². The van der Waals surface area contributed by atoms with Gasteiger partial charge in [-0.3, -0.25) is 4.79 Å². The monoisotopic (exact) mass is 343 g/mol.